The standard InChI is InChI=1S/C50H28N4O/c51-29-34-24-32(25-35(30-52)48(34)31-12-2-1-3-13-31)33-26-36(53-43-18-8-4-14-38(43)39-15-5-9-19-44(39)53)28-37(27-33)54-45-20-10-6-17-42(45)49-46(54)23-22-41-40-16-7-11-21-47(40)55-50(41)49/h1-28H. The van der Waals surface area contributed by atoms with Crippen LogP contribution in [0.15, 0.2) is 174 Å². The molecule has 0 saturated carbocycles. The molecule has 5 heteroatoms. The third-order valence-corrected chi connectivity index (χ3v) is 11.0. The average Bonchev–Trinajstić information content (AvgIpc) is 3.91. The van der Waals surface area contributed by atoms with E-state index in [1.165, 1.54) is 10.8 Å². The second-order valence-electron chi connectivity index (χ2n) is 13.9. The zero-order valence-electron chi connectivity index (χ0n) is 29.4. The molecule has 0 atom stereocenters. The Balaban J connectivity index is 1.25. The van der Waals surface area contributed by atoms with Crippen LogP contribution in [0.1, 0.15) is 11.1 Å². The SMILES string of the molecule is N#Cc1cc(-c2cc(-n3c4ccccc4c4ccccc43)cc(-n3c4ccccc4c4c5oc6ccccc6c5ccc43)c2)cc(C#N)c1-c1ccccc1. The summed E-state index contributed by atoms with van der Waals surface area (Å²) >= 11 is 0. The molecule has 3 heterocycles. The molecule has 8 aromatic carbocycles. The largest absolute Gasteiger partial charge is 0.455 e. The zero-order chi connectivity index (χ0) is 36.6. The van der Waals surface area contributed by atoms with E-state index >= 15 is 0 Å². The molecule has 0 spiro atoms. The van der Waals surface area contributed by atoms with Gasteiger partial charge < -0.3 is 13.6 Å². The van der Waals surface area contributed by atoms with E-state index in [9.17, 15) is 10.5 Å². The molecule has 55 heavy (non-hydrogen) atoms. The quantitative estimate of drug-likeness (QED) is 0.183. The van der Waals surface area contributed by atoms with Crippen LogP contribution in [0.5, 0.6) is 0 Å². The van der Waals surface area contributed by atoms with Crippen LogP contribution in [-0.4, -0.2) is 9.13 Å². The molecule has 0 fully saturated rings. The molecule has 5 nitrogen and oxygen atoms in total. The van der Waals surface area contributed by atoms with Gasteiger partial charge in [0.25, 0.3) is 0 Å². The van der Waals surface area contributed by atoms with E-state index in [1.54, 1.807) is 0 Å². The molecule has 11 aromatic rings. The van der Waals surface area contributed by atoms with Gasteiger partial charge in [0.05, 0.1) is 50.7 Å². The minimum atomic E-state index is 0.452. The van der Waals surface area contributed by atoms with Crippen LogP contribution in [0.2, 0.25) is 0 Å². The molecule has 254 valence electrons. The van der Waals surface area contributed by atoms with Gasteiger partial charge >= 0.3 is 0 Å². The lowest BCUT2D eigenvalue weighted by Gasteiger charge is -2.17. The smallest absolute Gasteiger partial charge is 0.145 e. The van der Waals surface area contributed by atoms with Crippen LogP contribution >= 0.6 is 0 Å². The van der Waals surface area contributed by atoms with Crippen LogP contribution in [-0.2, 0) is 0 Å². The Kier molecular flexibility index (Phi) is 6.61. The summed E-state index contributed by atoms with van der Waals surface area (Å²) in [4.78, 5) is 0. The highest BCUT2D eigenvalue weighted by Gasteiger charge is 2.21. The topological polar surface area (TPSA) is 70.6 Å². The van der Waals surface area contributed by atoms with Crippen molar-refractivity contribution < 1.29 is 4.42 Å². The molecule has 0 radical (unpaired) electrons. The number of nitrogens with zero attached hydrogens (tertiary/aromatic N) is 4. The molecule has 3 aromatic heterocycles. The van der Waals surface area contributed by atoms with Crippen LogP contribution in [0.4, 0.5) is 0 Å². The first kappa shape index (κ1) is 30.7. The Bertz CT molecular complexity index is 3370. The van der Waals surface area contributed by atoms with Crippen molar-refractivity contribution in [1.29, 1.82) is 10.5 Å². The van der Waals surface area contributed by atoms with Gasteiger partial charge in [-0.15, -0.1) is 0 Å². The van der Waals surface area contributed by atoms with Crippen molar-refractivity contribution in [3.8, 4) is 45.8 Å². The van der Waals surface area contributed by atoms with E-state index < -0.39 is 0 Å². The fourth-order valence-electron chi connectivity index (χ4n) is 8.63. The van der Waals surface area contributed by atoms with Gasteiger partial charge in [-0.1, -0.05) is 103 Å². The van der Waals surface area contributed by atoms with Crippen molar-refractivity contribution in [1.82, 2.24) is 9.13 Å². The molecule has 0 bridgehead atoms. The summed E-state index contributed by atoms with van der Waals surface area (Å²) in [7, 11) is 0. The van der Waals surface area contributed by atoms with Crippen molar-refractivity contribution in [2.45, 2.75) is 0 Å². The molecule has 0 aliphatic rings. The Morgan fingerprint density at radius 3 is 1.55 bits per heavy atom. The molecule has 0 amide bonds. The van der Waals surface area contributed by atoms with Crippen molar-refractivity contribution in [2.75, 3.05) is 0 Å². The highest BCUT2D eigenvalue weighted by molar-refractivity contribution is 6.24. The van der Waals surface area contributed by atoms with E-state index in [-0.39, 0.29) is 0 Å². The second-order valence-corrected chi connectivity index (χ2v) is 13.9. The minimum Gasteiger partial charge on any atom is -0.455 e. The van der Waals surface area contributed by atoms with Crippen LogP contribution in [0.25, 0.3) is 99.2 Å². The Morgan fingerprint density at radius 1 is 0.400 bits per heavy atom. The molecule has 0 unspecified atom stereocenters. The number of benzene rings is 8. The number of para-hydroxylation sites is 4. The predicted octanol–water partition coefficient (Wildman–Crippen LogP) is 12.9. The monoisotopic (exact) mass is 700 g/mol. The lowest BCUT2D eigenvalue weighted by molar-refractivity contribution is 0.673. The summed E-state index contributed by atoms with van der Waals surface area (Å²) in [6.07, 6.45) is 0. The van der Waals surface area contributed by atoms with E-state index in [1.807, 2.05) is 60.7 Å². The average molecular weight is 701 g/mol. The molecule has 0 N–H and O–H groups in total. The number of hydrogen-bond donors (Lipinski definition) is 0. The summed E-state index contributed by atoms with van der Waals surface area (Å²) in [6, 6.07) is 63.0. The normalized spacial score (nSPS) is 11.6. The second kappa shape index (κ2) is 11.8. The van der Waals surface area contributed by atoms with Crippen molar-refractivity contribution >= 4 is 65.6 Å². The Hall–Kier alpha value is -7.86. The maximum atomic E-state index is 10.5. The molecule has 11 rings (SSSR count). The van der Waals surface area contributed by atoms with Gasteiger partial charge in [-0.3, -0.25) is 0 Å². The Morgan fingerprint density at radius 2 is 0.909 bits per heavy atom. The van der Waals surface area contributed by atoms with Crippen LogP contribution in [0.3, 0.4) is 0 Å². The van der Waals surface area contributed by atoms with Gasteiger partial charge in [-0.25, -0.2) is 0 Å². The fourth-order valence-corrected chi connectivity index (χ4v) is 8.63. The molecule has 0 saturated heterocycles. The summed E-state index contributed by atoms with van der Waals surface area (Å²) in [5.41, 5.74) is 11.9. The lowest BCUT2D eigenvalue weighted by Crippen LogP contribution is -2.00. The first-order chi connectivity index (χ1) is 27.2. The zero-order valence-corrected chi connectivity index (χ0v) is 29.4. The van der Waals surface area contributed by atoms with Gasteiger partial charge in [0.2, 0.25) is 0 Å². The highest BCUT2D eigenvalue weighted by Crippen LogP contribution is 2.42. The van der Waals surface area contributed by atoms with E-state index in [0.29, 0.717) is 16.7 Å². The third kappa shape index (κ3) is 4.51. The number of fused-ring (bicyclic) bond motifs is 10. The third-order valence-electron chi connectivity index (χ3n) is 11.0. The van der Waals surface area contributed by atoms with Crippen molar-refractivity contribution in [3.05, 3.63) is 181 Å². The van der Waals surface area contributed by atoms with E-state index in [0.717, 1.165) is 82.8 Å². The summed E-state index contributed by atoms with van der Waals surface area (Å²) < 4.78 is 11.2. The first-order valence-corrected chi connectivity index (χ1v) is 18.2. The van der Waals surface area contributed by atoms with Crippen molar-refractivity contribution in [2.24, 2.45) is 0 Å². The number of furan rings is 1. The van der Waals surface area contributed by atoms with Gasteiger partial charge in [0, 0.05) is 43.9 Å². The summed E-state index contributed by atoms with van der Waals surface area (Å²) in [5.74, 6) is 0. The highest BCUT2D eigenvalue weighted by atomic mass is 16.3. The summed E-state index contributed by atoms with van der Waals surface area (Å²) in [5, 5.41) is 27.7. The molecule has 0 aliphatic heterocycles. The van der Waals surface area contributed by atoms with E-state index in [4.69, 9.17) is 4.42 Å². The number of hydrogen-bond acceptors (Lipinski definition) is 3. The first-order valence-electron chi connectivity index (χ1n) is 18.2. The fraction of sp³-hybridized carbons (Fsp3) is 0. The number of rotatable bonds is 4. The molecular formula is C50H28N4O. The molecular weight excluding hydrogens is 673 g/mol. The maximum Gasteiger partial charge on any atom is 0.145 e. The maximum absolute atomic E-state index is 10.5. The lowest BCUT2D eigenvalue weighted by atomic mass is 9.91. The number of aromatic nitrogens is 2. The Labute approximate surface area is 315 Å². The summed E-state index contributed by atoms with van der Waals surface area (Å²) in [6.45, 7) is 0. The number of nitriles is 2. The van der Waals surface area contributed by atoms with Gasteiger partial charge in [0.15, 0.2) is 0 Å². The van der Waals surface area contributed by atoms with Gasteiger partial charge in [0.1, 0.15) is 11.2 Å². The minimum absolute atomic E-state index is 0.452. The van der Waals surface area contributed by atoms with Gasteiger partial charge in [-0.05, 0) is 83.4 Å². The van der Waals surface area contributed by atoms with Crippen LogP contribution < -0.4 is 0 Å². The van der Waals surface area contributed by atoms with Crippen LogP contribution in [0, 0.1) is 22.7 Å². The predicted molar refractivity (Wildman–Crippen MR) is 223 cm³/mol. The van der Waals surface area contributed by atoms with Gasteiger partial charge in [-0.2, -0.15) is 10.5 Å². The molecule has 0 aliphatic carbocycles. The van der Waals surface area contributed by atoms with Crippen molar-refractivity contribution in [3.63, 3.8) is 0 Å². The van der Waals surface area contributed by atoms with E-state index in [2.05, 4.69) is 130 Å².